The third kappa shape index (κ3) is 1.47. The maximum absolute atomic E-state index is 4.49. The van der Waals surface area contributed by atoms with E-state index >= 15 is 0 Å². The van der Waals surface area contributed by atoms with E-state index in [0.717, 1.165) is 21.4 Å². The number of rotatable bonds is 1. The van der Waals surface area contributed by atoms with E-state index in [1.807, 2.05) is 47.2 Å². The topological polar surface area (TPSA) is 33.1 Å². The molecule has 0 bridgehead atoms. The van der Waals surface area contributed by atoms with E-state index < -0.39 is 0 Å². The second-order valence-corrected chi connectivity index (χ2v) is 4.24. The number of imidazole rings is 1. The smallest absolute Gasteiger partial charge is 0.153 e. The molecule has 3 nitrogen and oxygen atoms in total. The number of benzene rings is 1. The highest BCUT2D eigenvalue weighted by Gasteiger charge is 2.03. The van der Waals surface area contributed by atoms with Crippen LogP contribution >= 0.6 is 15.9 Å². The van der Waals surface area contributed by atoms with Crippen LogP contribution in [0.3, 0.4) is 0 Å². The van der Waals surface area contributed by atoms with Gasteiger partial charge in [-0.2, -0.15) is 0 Å². The summed E-state index contributed by atoms with van der Waals surface area (Å²) in [4.78, 5) is 4.49. The summed E-state index contributed by atoms with van der Waals surface area (Å²) in [6, 6.07) is 10.1. The van der Waals surface area contributed by atoms with Crippen LogP contribution in [0.25, 0.3) is 16.9 Å². The zero-order valence-corrected chi connectivity index (χ0v) is 9.40. The first-order valence-corrected chi connectivity index (χ1v) is 5.41. The molecule has 0 saturated carbocycles. The number of halogens is 1. The van der Waals surface area contributed by atoms with E-state index in [-0.39, 0.29) is 0 Å². The summed E-state index contributed by atoms with van der Waals surface area (Å²) in [6.45, 7) is 0. The van der Waals surface area contributed by atoms with E-state index in [1.165, 1.54) is 0 Å². The third-order valence-electron chi connectivity index (χ3n) is 2.32. The quantitative estimate of drug-likeness (QED) is 0.718. The molecule has 0 saturated heterocycles. The molecule has 0 amide bonds. The monoisotopic (exact) mass is 261 g/mol. The highest BCUT2D eigenvalue weighted by Crippen LogP contribution is 2.20. The molecule has 0 spiro atoms. The van der Waals surface area contributed by atoms with Crippen molar-refractivity contribution >= 4 is 21.6 Å². The van der Waals surface area contributed by atoms with Gasteiger partial charge >= 0.3 is 0 Å². The first-order chi connectivity index (χ1) is 7.33. The minimum atomic E-state index is 0.938. The number of hydrogen-bond donors (Lipinski definition) is 1. The van der Waals surface area contributed by atoms with Gasteiger partial charge < -0.3 is 5.10 Å². The van der Waals surface area contributed by atoms with Gasteiger partial charge in [0.15, 0.2) is 5.65 Å². The second-order valence-electron chi connectivity index (χ2n) is 3.32. The molecule has 2 heterocycles. The van der Waals surface area contributed by atoms with Gasteiger partial charge in [-0.25, -0.2) is 9.50 Å². The molecule has 15 heavy (non-hydrogen) atoms. The number of nitrogens with one attached hydrogen (secondary N) is 1. The van der Waals surface area contributed by atoms with Gasteiger partial charge in [-0.1, -0.05) is 28.1 Å². The summed E-state index contributed by atoms with van der Waals surface area (Å²) in [6.07, 6.45) is 3.85. The van der Waals surface area contributed by atoms with Crippen LogP contribution < -0.4 is 0 Å². The van der Waals surface area contributed by atoms with E-state index in [0.29, 0.717) is 0 Å². The number of aromatic nitrogens is 3. The van der Waals surface area contributed by atoms with Gasteiger partial charge in [0, 0.05) is 22.3 Å². The van der Waals surface area contributed by atoms with Crippen LogP contribution in [0, 0.1) is 0 Å². The molecule has 2 aromatic heterocycles. The Morgan fingerprint density at radius 2 is 1.93 bits per heavy atom. The highest BCUT2D eigenvalue weighted by molar-refractivity contribution is 9.10. The van der Waals surface area contributed by atoms with Crippen LogP contribution in [0.2, 0.25) is 0 Å². The van der Waals surface area contributed by atoms with Crippen molar-refractivity contribution in [1.82, 2.24) is 14.6 Å². The molecule has 0 unspecified atom stereocenters. The normalized spacial score (nSPS) is 11.0. The van der Waals surface area contributed by atoms with E-state index in [4.69, 9.17) is 0 Å². The van der Waals surface area contributed by atoms with Crippen molar-refractivity contribution in [3.05, 3.63) is 47.2 Å². The zero-order chi connectivity index (χ0) is 10.3. The lowest BCUT2D eigenvalue weighted by molar-refractivity contribution is 0.974. The van der Waals surface area contributed by atoms with Crippen LogP contribution in [-0.4, -0.2) is 14.6 Å². The van der Waals surface area contributed by atoms with Crippen LogP contribution in [0.4, 0.5) is 0 Å². The predicted octanol–water partition coefficient (Wildman–Crippen LogP) is 3.09. The molecule has 0 aliphatic rings. The SMILES string of the molecule is Brc1ccc(-c2cn3[nH]ccc3n2)cc1. The number of H-pyrrole nitrogens is 1. The fourth-order valence-electron chi connectivity index (χ4n) is 1.57. The van der Waals surface area contributed by atoms with Crippen molar-refractivity contribution in [2.24, 2.45) is 0 Å². The third-order valence-corrected chi connectivity index (χ3v) is 2.85. The van der Waals surface area contributed by atoms with Crippen molar-refractivity contribution in [2.45, 2.75) is 0 Å². The van der Waals surface area contributed by atoms with Gasteiger partial charge in [0.05, 0.1) is 11.9 Å². The Labute approximate surface area is 94.9 Å². The molecule has 3 aromatic rings. The molecule has 0 aliphatic carbocycles. The lowest BCUT2D eigenvalue weighted by Gasteiger charge is -1.95. The first-order valence-electron chi connectivity index (χ1n) is 4.61. The molecule has 0 aliphatic heterocycles. The number of fused-ring (bicyclic) bond motifs is 1. The van der Waals surface area contributed by atoms with Gasteiger partial charge in [0.25, 0.3) is 0 Å². The van der Waals surface area contributed by atoms with Crippen LogP contribution in [0.15, 0.2) is 47.2 Å². The Balaban J connectivity index is 2.13. The van der Waals surface area contributed by atoms with Gasteiger partial charge in [0.1, 0.15) is 0 Å². The highest BCUT2D eigenvalue weighted by atomic mass is 79.9. The molecular formula is C11H8BrN3. The van der Waals surface area contributed by atoms with Crippen molar-refractivity contribution in [2.75, 3.05) is 0 Å². The number of hydrogen-bond acceptors (Lipinski definition) is 1. The second kappa shape index (κ2) is 3.24. The average Bonchev–Trinajstić information content (AvgIpc) is 2.78. The minimum Gasteiger partial charge on any atom is -0.300 e. The Morgan fingerprint density at radius 1 is 1.13 bits per heavy atom. The molecular weight excluding hydrogens is 254 g/mol. The number of aromatic amines is 1. The summed E-state index contributed by atoms with van der Waals surface area (Å²) in [5.41, 5.74) is 3.04. The number of nitrogens with zero attached hydrogens (tertiary/aromatic N) is 2. The summed E-state index contributed by atoms with van der Waals surface area (Å²) < 4.78 is 2.98. The van der Waals surface area contributed by atoms with Gasteiger partial charge in [0.2, 0.25) is 0 Å². The molecule has 3 rings (SSSR count). The van der Waals surface area contributed by atoms with Gasteiger partial charge in [-0.05, 0) is 12.1 Å². The Kier molecular flexibility index (Phi) is 1.89. The molecule has 0 fully saturated rings. The summed E-state index contributed by atoms with van der Waals surface area (Å²) in [5, 5.41) is 3.07. The standard InChI is InChI=1S/C11H8BrN3/c12-9-3-1-8(2-4-9)10-7-15-11(14-10)5-6-13-15/h1-7,13H. The molecule has 74 valence electrons. The molecule has 0 radical (unpaired) electrons. The minimum absolute atomic E-state index is 0.938. The van der Waals surface area contributed by atoms with Crippen molar-refractivity contribution in [3.8, 4) is 11.3 Å². The largest absolute Gasteiger partial charge is 0.300 e. The lowest BCUT2D eigenvalue weighted by Crippen LogP contribution is -1.77. The Morgan fingerprint density at radius 3 is 2.67 bits per heavy atom. The van der Waals surface area contributed by atoms with Crippen LogP contribution in [0.1, 0.15) is 0 Å². The van der Waals surface area contributed by atoms with E-state index in [2.05, 4.69) is 26.0 Å². The average molecular weight is 262 g/mol. The molecule has 0 atom stereocenters. The molecule has 1 aromatic carbocycles. The summed E-state index contributed by atoms with van der Waals surface area (Å²) in [7, 11) is 0. The van der Waals surface area contributed by atoms with Crippen LogP contribution in [0.5, 0.6) is 0 Å². The molecule has 1 N–H and O–H groups in total. The summed E-state index contributed by atoms with van der Waals surface area (Å²) in [5.74, 6) is 0. The van der Waals surface area contributed by atoms with E-state index in [1.54, 1.807) is 0 Å². The first kappa shape index (κ1) is 8.73. The Hall–Kier alpha value is -1.55. The van der Waals surface area contributed by atoms with Gasteiger partial charge in [-0.3, -0.25) is 0 Å². The maximum atomic E-state index is 4.49. The van der Waals surface area contributed by atoms with Crippen molar-refractivity contribution in [3.63, 3.8) is 0 Å². The maximum Gasteiger partial charge on any atom is 0.153 e. The van der Waals surface area contributed by atoms with Crippen LogP contribution in [-0.2, 0) is 0 Å². The van der Waals surface area contributed by atoms with Crippen molar-refractivity contribution in [1.29, 1.82) is 0 Å². The Bertz CT molecular complexity index is 563. The zero-order valence-electron chi connectivity index (χ0n) is 7.81. The fourth-order valence-corrected chi connectivity index (χ4v) is 1.83. The van der Waals surface area contributed by atoms with Crippen molar-refractivity contribution < 1.29 is 0 Å². The molecule has 4 heteroatoms. The van der Waals surface area contributed by atoms with E-state index in [9.17, 15) is 0 Å². The van der Waals surface area contributed by atoms with Gasteiger partial charge in [-0.15, -0.1) is 0 Å². The lowest BCUT2D eigenvalue weighted by atomic mass is 10.2. The summed E-state index contributed by atoms with van der Waals surface area (Å²) >= 11 is 3.41. The predicted molar refractivity (Wildman–Crippen MR) is 62.7 cm³/mol. The fraction of sp³-hybridized carbons (Fsp3) is 0.